The average molecular weight is 462 g/mol. The molecule has 1 aromatic heterocycles. The maximum Gasteiger partial charge on any atom is 0.326 e. The van der Waals surface area contributed by atoms with E-state index in [1.54, 1.807) is 18.2 Å². The van der Waals surface area contributed by atoms with Crippen LogP contribution >= 0.6 is 11.8 Å². The van der Waals surface area contributed by atoms with Gasteiger partial charge in [-0.25, -0.2) is 14.2 Å². The van der Waals surface area contributed by atoms with Gasteiger partial charge >= 0.3 is 5.97 Å². The molecular formula is C25H20FN3O3S. The summed E-state index contributed by atoms with van der Waals surface area (Å²) in [6.07, 6.45) is 1.08. The third-order valence-corrected chi connectivity index (χ3v) is 6.47. The van der Waals surface area contributed by atoms with Crippen molar-refractivity contribution in [3.8, 4) is 28.5 Å². The van der Waals surface area contributed by atoms with Gasteiger partial charge in [0.15, 0.2) is 0 Å². The highest BCUT2D eigenvalue weighted by Crippen LogP contribution is 2.34. The van der Waals surface area contributed by atoms with Crippen molar-refractivity contribution in [1.29, 1.82) is 5.26 Å². The molecule has 0 bridgehead atoms. The van der Waals surface area contributed by atoms with Gasteiger partial charge in [-0.05, 0) is 36.6 Å². The molecule has 0 unspecified atom stereocenters. The van der Waals surface area contributed by atoms with E-state index in [9.17, 15) is 24.3 Å². The van der Waals surface area contributed by atoms with Gasteiger partial charge in [-0.1, -0.05) is 54.2 Å². The fraction of sp³-hybridized carbons (Fsp3) is 0.200. The molecule has 1 aliphatic rings. The van der Waals surface area contributed by atoms with Crippen LogP contribution in [0.15, 0.2) is 65.7 Å². The lowest BCUT2D eigenvalue weighted by Gasteiger charge is -2.21. The summed E-state index contributed by atoms with van der Waals surface area (Å²) in [5.74, 6) is -1.73. The number of carbonyl (C=O) groups is 2. The van der Waals surface area contributed by atoms with E-state index < -0.39 is 12.0 Å². The lowest BCUT2D eigenvalue weighted by atomic mass is 9.99. The molecular weight excluding hydrogens is 441 g/mol. The van der Waals surface area contributed by atoms with E-state index in [1.807, 2.05) is 30.3 Å². The summed E-state index contributed by atoms with van der Waals surface area (Å²) < 4.78 is 13.5. The summed E-state index contributed by atoms with van der Waals surface area (Å²) >= 11 is 1.11. The van der Waals surface area contributed by atoms with Crippen LogP contribution in [0.5, 0.6) is 0 Å². The molecule has 1 N–H and O–H groups in total. The monoisotopic (exact) mass is 461 g/mol. The van der Waals surface area contributed by atoms with Crippen molar-refractivity contribution in [3.05, 3.63) is 72.0 Å². The number of hydrogen-bond acceptors (Lipinski definition) is 5. The summed E-state index contributed by atoms with van der Waals surface area (Å²) in [7, 11) is 0. The van der Waals surface area contributed by atoms with Crippen LogP contribution in [0.1, 0.15) is 18.4 Å². The van der Waals surface area contributed by atoms with Crippen molar-refractivity contribution in [1.82, 2.24) is 9.88 Å². The fourth-order valence-electron chi connectivity index (χ4n) is 3.88. The Bertz CT molecular complexity index is 1230. The van der Waals surface area contributed by atoms with Crippen LogP contribution in [0, 0.1) is 17.1 Å². The fourth-order valence-corrected chi connectivity index (χ4v) is 4.77. The summed E-state index contributed by atoms with van der Waals surface area (Å²) in [4.78, 5) is 30.2. The van der Waals surface area contributed by atoms with Crippen LogP contribution in [-0.4, -0.2) is 45.2 Å². The second-order valence-corrected chi connectivity index (χ2v) is 8.56. The molecule has 0 aliphatic carbocycles. The zero-order valence-electron chi connectivity index (χ0n) is 17.6. The number of aromatic nitrogens is 1. The summed E-state index contributed by atoms with van der Waals surface area (Å²) in [5.41, 5.74) is 2.99. The van der Waals surface area contributed by atoms with Gasteiger partial charge in [-0.2, -0.15) is 5.26 Å². The number of carbonyl (C=O) groups excluding carboxylic acids is 1. The minimum atomic E-state index is -1.01. The maximum absolute atomic E-state index is 13.5. The molecule has 0 saturated carbocycles. The van der Waals surface area contributed by atoms with Gasteiger partial charge in [0.1, 0.15) is 23.0 Å². The minimum Gasteiger partial charge on any atom is -0.480 e. The number of amides is 1. The summed E-state index contributed by atoms with van der Waals surface area (Å²) in [5, 5.41) is 19.7. The molecule has 33 heavy (non-hydrogen) atoms. The van der Waals surface area contributed by atoms with Crippen molar-refractivity contribution in [2.24, 2.45) is 0 Å². The highest BCUT2D eigenvalue weighted by Gasteiger charge is 2.33. The highest BCUT2D eigenvalue weighted by atomic mass is 32.2. The summed E-state index contributed by atoms with van der Waals surface area (Å²) in [6.45, 7) is 0.403. The van der Waals surface area contributed by atoms with Crippen molar-refractivity contribution in [2.75, 3.05) is 12.3 Å². The quantitative estimate of drug-likeness (QED) is 0.540. The third kappa shape index (κ3) is 4.89. The van der Waals surface area contributed by atoms with E-state index in [0.717, 1.165) is 17.3 Å². The molecule has 8 heteroatoms. The molecule has 1 aliphatic heterocycles. The number of halogens is 1. The normalized spacial score (nSPS) is 15.3. The minimum absolute atomic E-state index is 0.0352. The van der Waals surface area contributed by atoms with Crippen LogP contribution < -0.4 is 0 Å². The largest absolute Gasteiger partial charge is 0.480 e. The SMILES string of the molecule is N#Cc1c(-c2ccc(F)cc2)cc(-c2ccccc2)nc1SCC(=O)N1CCC[C@H]1C(=O)O. The van der Waals surface area contributed by atoms with E-state index in [0.29, 0.717) is 41.2 Å². The average Bonchev–Trinajstić information content (AvgIpc) is 3.33. The Balaban J connectivity index is 1.71. The summed E-state index contributed by atoms with van der Waals surface area (Å²) in [6, 6.07) is 18.4. The zero-order valence-corrected chi connectivity index (χ0v) is 18.4. The smallest absolute Gasteiger partial charge is 0.326 e. The number of rotatable bonds is 6. The van der Waals surface area contributed by atoms with Gasteiger partial charge in [-0.3, -0.25) is 4.79 Å². The maximum atomic E-state index is 13.5. The van der Waals surface area contributed by atoms with E-state index >= 15 is 0 Å². The predicted molar refractivity (Wildman–Crippen MR) is 123 cm³/mol. The van der Waals surface area contributed by atoms with Gasteiger partial charge in [0.05, 0.1) is 17.0 Å². The number of nitriles is 1. The first-order valence-electron chi connectivity index (χ1n) is 10.4. The van der Waals surface area contributed by atoms with Crippen LogP contribution in [0.2, 0.25) is 0 Å². The van der Waals surface area contributed by atoms with Crippen LogP contribution in [0.3, 0.4) is 0 Å². The predicted octanol–water partition coefficient (Wildman–Crippen LogP) is 4.59. The Kier molecular flexibility index (Phi) is 6.71. The number of nitrogens with zero attached hydrogens (tertiary/aromatic N) is 3. The van der Waals surface area contributed by atoms with E-state index in [1.165, 1.54) is 17.0 Å². The van der Waals surface area contributed by atoms with Crippen LogP contribution in [0.25, 0.3) is 22.4 Å². The Hall–Kier alpha value is -3.70. The molecule has 3 aromatic rings. The number of carboxylic acids is 1. The van der Waals surface area contributed by atoms with E-state index in [4.69, 9.17) is 0 Å². The number of thioether (sulfide) groups is 1. The number of pyridine rings is 1. The molecule has 6 nitrogen and oxygen atoms in total. The molecule has 1 atom stereocenters. The van der Waals surface area contributed by atoms with Crippen molar-refractivity contribution < 1.29 is 19.1 Å². The Morgan fingerprint density at radius 3 is 2.55 bits per heavy atom. The van der Waals surface area contributed by atoms with E-state index in [-0.39, 0.29) is 23.0 Å². The second-order valence-electron chi connectivity index (χ2n) is 7.59. The standard InChI is InChI=1S/C25H20FN3O3S/c26-18-10-8-16(9-11-18)19-13-21(17-5-2-1-3-6-17)28-24(20(19)14-27)33-15-23(30)29-12-4-7-22(29)25(31)32/h1-3,5-6,8-11,13,22H,4,7,12,15H2,(H,31,32)/t22-/m0/s1. The molecule has 2 aromatic carbocycles. The Morgan fingerprint density at radius 2 is 1.88 bits per heavy atom. The highest BCUT2D eigenvalue weighted by molar-refractivity contribution is 8.00. The first kappa shape index (κ1) is 22.5. The number of benzene rings is 2. The van der Waals surface area contributed by atoms with Gasteiger partial charge in [0, 0.05) is 17.7 Å². The van der Waals surface area contributed by atoms with E-state index in [2.05, 4.69) is 11.1 Å². The molecule has 1 amide bonds. The van der Waals surface area contributed by atoms with Gasteiger partial charge in [0.2, 0.25) is 5.91 Å². The number of likely N-dealkylation sites (tertiary alicyclic amines) is 1. The third-order valence-electron chi connectivity index (χ3n) is 5.51. The van der Waals surface area contributed by atoms with Gasteiger partial charge in [0.25, 0.3) is 0 Å². The molecule has 1 fully saturated rings. The van der Waals surface area contributed by atoms with Crippen molar-refractivity contribution in [2.45, 2.75) is 23.9 Å². The van der Waals surface area contributed by atoms with Gasteiger partial charge < -0.3 is 10.0 Å². The second kappa shape index (κ2) is 9.84. The van der Waals surface area contributed by atoms with Crippen molar-refractivity contribution in [3.63, 3.8) is 0 Å². The van der Waals surface area contributed by atoms with Gasteiger partial charge in [-0.15, -0.1) is 0 Å². The lowest BCUT2D eigenvalue weighted by Crippen LogP contribution is -2.41. The number of aliphatic carboxylic acids is 1. The number of hydrogen-bond donors (Lipinski definition) is 1. The van der Waals surface area contributed by atoms with Crippen molar-refractivity contribution >= 4 is 23.6 Å². The van der Waals surface area contributed by atoms with Crippen LogP contribution in [0.4, 0.5) is 4.39 Å². The molecule has 4 rings (SSSR count). The molecule has 1 saturated heterocycles. The topological polar surface area (TPSA) is 94.3 Å². The molecule has 166 valence electrons. The first-order chi connectivity index (χ1) is 16.0. The molecule has 0 radical (unpaired) electrons. The lowest BCUT2D eigenvalue weighted by molar-refractivity contribution is -0.147. The Morgan fingerprint density at radius 1 is 1.15 bits per heavy atom. The Labute approximate surface area is 194 Å². The molecule has 2 heterocycles. The number of carboxylic acid groups (broad SMARTS) is 1. The first-order valence-corrected chi connectivity index (χ1v) is 11.4. The zero-order chi connectivity index (χ0) is 23.4. The molecule has 0 spiro atoms. The van der Waals surface area contributed by atoms with Crippen LogP contribution in [-0.2, 0) is 9.59 Å².